The van der Waals surface area contributed by atoms with Crippen molar-refractivity contribution in [2.45, 2.75) is 27.0 Å². The van der Waals surface area contributed by atoms with Gasteiger partial charge in [0, 0.05) is 25.3 Å². The molecule has 0 amide bonds. The fourth-order valence-electron chi connectivity index (χ4n) is 3.85. The lowest BCUT2D eigenvalue weighted by molar-refractivity contribution is 0.122. The summed E-state index contributed by atoms with van der Waals surface area (Å²) in [7, 11) is 0. The molecule has 3 aromatic carbocycles. The monoisotopic (exact) mass is 544 g/mol. The van der Waals surface area contributed by atoms with Crippen LogP contribution in [0.1, 0.15) is 23.6 Å². The third kappa shape index (κ3) is 6.38. The molecule has 0 spiro atoms. The lowest BCUT2D eigenvalue weighted by atomic mass is 10.1. The first-order chi connectivity index (χ1) is 16.5. The average molecular weight is 546 g/mol. The van der Waals surface area contributed by atoms with Crippen LogP contribution in [-0.2, 0) is 17.9 Å². The number of rotatable bonds is 9. The van der Waals surface area contributed by atoms with E-state index in [-0.39, 0.29) is 0 Å². The summed E-state index contributed by atoms with van der Waals surface area (Å²) >= 11 is 10.3. The van der Waals surface area contributed by atoms with Crippen molar-refractivity contribution in [2.24, 2.45) is 0 Å². The van der Waals surface area contributed by atoms with Crippen LogP contribution < -0.4 is 19.7 Å². The number of morpholine rings is 1. The van der Waals surface area contributed by atoms with Crippen LogP contribution in [0.2, 0.25) is 5.02 Å². The van der Waals surface area contributed by atoms with Crippen molar-refractivity contribution in [3.8, 4) is 11.5 Å². The second-order valence-corrected chi connectivity index (χ2v) is 9.49. The van der Waals surface area contributed by atoms with E-state index in [9.17, 15) is 0 Å². The SMILES string of the molecule is CCOc1cc(CNc2ccc(N3CCOCC3)c(Cl)c2)cc(Br)c1OCc1ccc(C)cc1. The van der Waals surface area contributed by atoms with Gasteiger partial charge >= 0.3 is 0 Å². The van der Waals surface area contributed by atoms with E-state index in [1.165, 1.54) is 5.56 Å². The molecule has 3 aromatic rings. The number of hydrogen-bond donors (Lipinski definition) is 1. The van der Waals surface area contributed by atoms with Gasteiger partial charge in [0.1, 0.15) is 6.61 Å². The zero-order valence-corrected chi connectivity index (χ0v) is 21.9. The molecule has 1 fully saturated rings. The Bertz CT molecular complexity index is 1100. The number of aryl methyl sites for hydroxylation is 1. The van der Waals surface area contributed by atoms with E-state index in [1.807, 2.05) is 19.1 Å². The first-order valence-corrected chi connectivity index (χ1v) is 12.7. The van der Waals surface area contributed by atoms with Crippen LogP contribution in [0.25, 0.3) is 0 Å². The first-order valence-electron chi connectivity index (χ1n) is 11.5. The molecule has 0 aromatic heterocycles. The third-order valence-corrected chi connectivity index (χ3v) is 6.56. The number of hydrogen-bond acceptors (Lipinski definition) is 5. The largest absolute Gasteiger partial charge is 0.490 e. The quantitative estimate of drug-likeness (QED) is 0.319. The zero-order valence-electron chi connectivity index (χ0n) is 19.6. The predicted molar refractivity (Wildman–Crippen MR) is 143 cm³/mol. The lowest BCUT2D eigenvalue weighted by Gasteiger charge is -2.29. The minimum atomic E-state index is 0.477. The van der Waals surface area contributed by atoms with Crippen LogP contribution in [-0.4, -0.2) is 32.9 Å². The molecular weight excluding hydrogens is 516 g/mol. The molecule has 4 rings (SSSR count). The highest BCUT2D eigenvalue weighted by Gasteiger charge is 2.15. The van der Waals surface area contributed by atoms with Crippen molar-refractivity contribution in [3.05, 3.63) is 80.8 Å². The summed E-state index contributed by atoms with van der Waals surface area (Å²) in [4.78, 5) is 2.26. The smallest absolute Gasteiger partial charge is 0.175 e. The van der Waals surface area contributed by atoms with Crippen molar-refractivity contribution in [3.63, 3.8) is 0 Å². The predicted octanol–water partition coefficient (Wildman–Crippen LogP) is 6.84. The highest BCUT2D eigenvalue weighted by atomic mass is 79.9. The van der Waals surface area contributed by atoms with Crippen molar-refractivity contribution < 1.29 is 14.2 Å². The maximum atomic E-state index is 6.58. The second kappa shape index (κ2) is 11.8. The van der Waals surface area contributed by atoms with Gasteiger partial charge < -0.3 is 24.4 Å². The van der Waals surface area contributed by atoms with Gasteiger partial charge in [-0.05, 0) is 71.2 Å². The van der Waals surface area contributed by atoms with Gasteiger partial charge in [-0.15, -0.1) is 0 Å². The fraction of sp³-hybridized carbons (Fsp3) is 0.333. The summed E-state index contributed by atoms with van der Waals surface area (Å²) in [6.45, 7) is 8.90. The Balaban J connectivity index is 1.43. The summed E-state index contributed by atoms with van der Waals surface area (Å²) < 4.78 is 18.3. The molecule has 0 bridgehead atoms. The molecule has 180 valence electrons. The van der Waals surface area contributed by atoms with Gasteiger partial charge in [-0.3, -0.25) is 0 Å². The number of nitrogens with zero attached hydrogens (tertiary/aromatic N) is 1. The van der Waals surface area contributed by atoms with Gasteiger partial charge in [-0.2, -0.15) is 0 Å². The van der Waals surface area contributed by atoms with Crippen molar-refractivity contribution >= 4 is 38.9 Å². The molecule has 1 heterocycles. The topological polar surface area (TPSA) is 43.0 Å². The van der Waals surface area contributed by atoms with Gasteiger partial charge in [0.05, 0.1) is 35.0 Å². The molecule has 0 atom stereocenters. The van der Waals surface area contributed by atoms with Gasteiger partial charge in [0.25, 0.3) is 0 Å². The number of halogens is 2. The molecule has 0 radical (unpaired) electrons. The van der Waals surface area contributed by atoms with E-state index < -0.39 is 0 Å². The van der Waals surface area contributed by atoms with Crippen LogP contribution in [0.4, 0.5) is 11.4 Å². The minimum absolute atomic E-state index is 0.477. The molecule has 1 N–H and O–H groups in total. The molecule has 1 aliphatic heterocycles. The van der Waals surface area contributed by atoms with Crippen LogP contribution in [0.5, 0.6) is 11.5 Å². The van der Waals surface area contributed by atoms with E-state index >= 15 is 0 Å². The molecule has 0 unspecified atom stereocenters. The fourth-order valence-corrected chi connectivity index (χ4v) is 4.75. The Morgan fingerprint density at radius 2 is 1.76 bits per heavy atom. The minimum Gasteiger partial charge on any atom is -0.490 e. The van der Waals surface area contributed by atoms with E-state index in [2.05, 4.69) is 75.5 Å². The van der Waals surface area contributed by atoms with Crippen LogP contribution in [0, 0.1) is 6.92 Å². The van der Waals surface area contributed by atoms with Crippen LogP contribution >= 0.6 is 27.5 Å². The standard InChI is InChI=1S/C27H30BrClN2O3/c1-3-33-26-15-21(14-23(28)27(26)34-18-20-6-4-19(2)5-7-20)17-30-22-8-9-25(24(29)16-22)31-10-12-32-13-11-31/h4-9,14-16,30H,3,10-13,17-18H2,1-2H3. The molecule has 0 saturated carbocycles. The molecular formula is C27H30BrClN2O3. The van der Waals surface area contributed by atoms with Crippen LogP contribution in [0.15, 0.2) is 59.1 Å². The molecule has 34 heavy (non-hydrogen) atoms. The Hall–Kier alpha value is -2.41. The molecule has 0 aliphatic carbocycles. The second-order valence-electron chi connectivity index (χ2n) is 8.23. The van der Waals surface area contributed by atoms with Gasteiger partial charge in [-0.1, -0.05) is 41.4 Å². The maximum absolute atomic E-state index is 6.58. The Morgan fingerprint density at radius 3 is 2.47 bits per heavy atom. The van der Waals surface area contributed by atoms with Gasteiger partial charge in [-0.25, -0.2) is 0 Å². The van der Waals surface area contributed by atoms with Crippen molar-refractivity contribution in [1.29, 1.82) is 0 Å². The van der Waals surface area contributed by atoms with Crippen LogP contribution in [0.3, 0.4) is 0 Å². The normalized spacial score (nSPS) is 13.6. The number of ether oxygens (including phenoxy) is 3. The van der Waals surface area contributed by atoms with E-state index in [0.29, 0.717) is 25.5 Å². The van der Waals surface area contributed by atoms with Gasteiger partial charge in [0.15, 0.2) is 11.5 Å². The third-order valence-electron chi connectivity index (χ3n) is 5.67. The molecule has 5 nitrogen and oxygen atoms in total. The highest BCUT2D eigenvalue weighted by molar-refractivity contribution is 9.10. The summed E-state index contributed by atoms with van der Waals surface area (Å²) in [5.74, 6) is 1.44. The average Bonchev–Trinajstić information content (AvgIpc) is 2.84. The first kappa shape index (κ1) is 24.7. The summed E-state index contributed by atoms with van der Waals surface area (Å²) in [5, 5.41) is 4.21. The lowest BCUT2D eigenvalue weighted by Crippen LogP contribution is -2.36. The number of benzene rings is 3. The van der Waals surface area contributed by atoms with Gasteiger partial charge in [0.2, 0.25) is 0 Å². The Morgan fingerprint density at radius 1 is 1.00 bits per heavy atom. The highest BCUT2D eigenvalue weighted by Crippen LogP contribution is 2.38. The number of nitrogens with one attached hydrogen (secondary N) is 1. The van der Waals surface area contributed by atoms with Crippen molar-refractivity contribution in [1.82, 2.24) is 0 Å². The zero-order chi connectivity index (χ0) is 23.9. The Kier molecular flexibility index (Phi) is 8.59. The molecule has 1 aliphatic rings. The maximum Gasteiger partial charge on any atom is 0.175 e. The molecule has 1 saturated heterocycles. The van der Waals surface area contributed by atoms with E-state index in [1.54, 1.807) is 0 Å². The molecule has 7 heteroatoms. The summed E-state index contributed by atoms with van der Waals surface area (Å²) in [6.07, 6.45) is 0. The summed E-state index contributed by atoms with van der Waals surface area (Å²) in [6, 6.07) is 18.5. The van der Waals surface area contributed by atoms with Crippen molar-refractivity contribution in [2.75, 3.05) is 43.1 Å². The van der Waals surface area contributed by atoms with E-state index in [4.69, 9.17) is 25.8 Å². The van der Waals surface area contributed by atoms with E-state index in [0.717, 1.165) is 64.0 Å². The Labute approximate surface area is 215 Å². The summed E-state index contributed by atoms with van der Waals surface area (Å²) in [5.41, 5.74) is 5.44. The number of anilines is 2.